The normalized spacial score (nSPS) is 12.9. The van der Waals surface area contributed by atoms with Crippen LogP contribution in [0, 0.1) is 13.8 Å². The van der Waals surface area contributed by atoms with Crippen molar-refractivity contribution in [2.24, 2.45) is 0 Å². The first-order valence-electron chi connectivity index (χ1n) is 5.37. The van der Waals surface area contributed by atoms with Crippen LogP contribution < -0.4 is 0 Å². The lowest BCUT2D eigenvalue weighted by Gasteiger charge is -2.16. The Morgan fingerprint density at radius 1 is 1.29 bits per heavy atom. The van der Waals surface area contributed by atoms with Crippen LogP contribution in [0.3, 0.4) is 0 Å². The van der Waals surface area contributed by atoms with Crippen molar-refractivity contribution < 1.29 is 5.11 Å². The first-order chi connectivity index (χ1) is 6.69. The van der Waals surface area contributed by atoms with Gasteiger partial charge in [-0.05, 0) is 31.4 Å². The quantitative estimate of drug-likeness (QED) is 0.776. The molecule has 1 rings (SSSR count). The zero-order valence-electron chi connectivity index (χ0n) is 9.38. The van der Waals surface area contributed by atoms with E-state index in [1.807, 2.05) is 0 Å². The van der Waals surface area contributed by atoms with Crippen LogP contribution in [0.4, 0.5) is 0 Å². The Morgan fingerprint density at radius 2 is 2.00 bits per heavy atom. The summed E-state index contributed by atoms with van der Waals surface area (Å²) in [4.78, 5) is 0. The largest absolute Gasteiger partial charge is 0.396 e. The Hall–Kier alpha value is -0.820. The monoisotopic (exact) mass is 192 g/mol. The molecular weight excluding hydrogens is 172 g/mol. The molecule has 0 radical (unpaired) electrons. The fourth-order valence-electron chi connectivity index (χ4n) is 1.89. The van der Waals surface area contributed by atoms with Crippen molar-refractivity contribution in [2.45, 2.75) is 39.5 Å². The molecule has 14 heavy (non-hydrogen) atoms. The minimum Gasteiger partial charge on any atom is -0.396 e. The maximum absolute atomic E-state index is 9.33. The molecule has 1 N–H and O–H groups in total. The van der Waals surface area contributed by atoms with E-state index in [1.54, 1.807) is 0 Å². The summed E-state index contributed by atoms with van der Waals surface area (Å²) in [6, 6.07) is 6.47. The molecule has 0 fully saturated rings. The molecule has 1 aromatic carbocycles. The number of aliphatic hydroxyl groups excluding tert-OH is 1. The predicted molar refractivity (Wildman–Crippen MR) is 60.7 cm³/mol. The second-order valence-electron chi connectivity index (χ2n) is 4.03. The van der Waals surface area contributed by atoms with E-state index in [0.717, 1.165) is 12.8 Å². The smallest absolute Gasteiger partial charge is 0.0499 e. The number of hydrogen-bond donors (Lipinski definition) is 1. The maximum atomic E-state index is 9.33. The van der Waals surface area contributed by atoms with Crippen molar-refractivity contribution in [3.63, 3.8) is 0 Å². The minimum atomic E-state index is 0.262. The van der Waals surface area contributed by atoms with Gasteiger partial charge in [-0.2, -0.15) is 0 Å². The Balaban J connectivity index is 2.96. The SMILES string of the molecule is CCCC(CO)c1cc(C)ccc1C. The summed E-state index contributed by atoms with van der Waals surface area (Å²) in [6.45, 7) is 6.64. The van der Waals surface area contributed by atoms with Gasteiger partial charge in [-0.3, -0.25) is 0 Å². The first kappa shape index (κ1) is 11.3. The summed E-state index contributed by atoms with van der Waals surface area (Å²) < 4.78 is 0. The molecule has 1 nitrogen and oxygen atoms in total. The van der Waals surface area contributed by atoms with Gasteiger partial charge in [0.2, 0.25) is 0 Å². The standard InChI is InChI=1S/C13H20O/c1-4-5-12(9-14)13-8-10(2)6-7-11(13)3/h6-8,12,14H,4-5,9H2,1-3H3. The van der Waals surface area contributed by atoms with E-state index in [2.05, 4.69) is 39.0 Å². The summed E-state index contributed by atoms with van der Waals surface area (Å²) in [5, 5.41) is 9.33. The van der Waals surface area contributed by atoms with Gasteiger partial charge in [0.1, 0.15) is 0 Å². The third-order valence-electron chi connectivity index (χ3n) is 2.73. The Kier molecular flexibility index (Phi) is 4.15. The van der Waals surface area contributed by atoms with E-state index in [4.69, 9.17) is 0 Å². The number of benzene rings is 1. The van der Waals surface area contributed by atoms with Gasteiger partial charge in [0.25, 0.3) is 0 Å². The molecule has 0 bridgehead atoms. The molecule has 1 unspecified atom stereocenters. The predicted octanol–water partition coefficient (Wildman–Crippen LogP) is 3.18. The van der Waals surface area contributed by atoms with Gasteiger partial charge in [0, 0.05) is 12.5 Å². The highest BCUT2D eigenvalue weighted by Crippen LogP contribution is 2.24. The molecule has 0 saturated carbocycles. The fourth-order valence-corrected chi connectivity index (χ4v) is 1.89. The lowest BCUT2D eigenvalue weighted by Crippen LogP contribution is -2.06. The van der Waals surface area contributed by atoms with Gasteiger partial charge >= 0.3 is 0 Å². The van der Waals surface area contributed by atoms with Gasteiger partial charge in [-0.25, -0.2) is 0 Å². The summed E-state index contributed by atoms with van der Waals surface area (Å²) in [7, 11) is 0. The molecule has 0 spiro atoms. The van der Waals surface area contributed by atoms with Crippen LogP contribution >= 0.6 is 0 Å². The highest BCUT2D eigenvalue weighted by Gasteiger charge is 2.11. The molecular formula is C13H20O. The second-order valence-corrected chi connectivity index (χ2v) is 4.03. The van der Waals surface area contributed by atoms with Crippen molar-refractivity contribution >= 4 is 0 Å². The Labute approximate surface area is 86.8 Å². The molecule has 0 aliphatic heterocycles. The van der Waals surface area contributed by atoms with Crippen molar-refractivity contribution in [2.75, 3.05) is 6.61 Å². The van der Waals surface area contributed by atoms with E-state index in [-0.39, 0.29) is 6.61 Å². The Morgan fingerprint density at radius 3 is 2.57 bits per heavy atom. The molecule has 78 valence electrons. The molecule has 0 saturated heterocycles. The van der Waals surface area contributed by atoms with E-state index in [0.29, 0.717) is 5.92 Å². The van der Waals surface area contributed by atoms with E-state index < -0.39 is 0 Å². The zero-order chi connectivity index (χ0) is 10.6. The average molecular weight is 192 g/mol. The maximum Gasteiger partial charge on any atom is 0.0499 e. The van der Waals surface area contributed by atoms with Crippen molar-refractivity contribution in [3.8, 4) is 0 Å². The zero-order valence-corrected chi connectivity index (χ0v) is 9.38. The van der Waals surface area contributed by atoms with Crippen LogP contribution in [0.15, 0.2) is 18.2 Å². The van der Waals surface area contributed by atoms with E-state index in [9.17, 15) is 5.11 Å². The van der Waals surface area contributed by atoms with Crippen LogP contribution in [0.25, 0.3) is 0 Å². The van der Waals surface area contributed by atoms with Gasteiger partial charge in [-0.15, -0.1) is 0 Å². The van der Waals surface area contributed by atoms with E-state index >= 15 is 0 Å². The van der Waals surface area contributed by atoms with Crippen LogP contribution in [-0.2, 0) is 0 Å². The first-order valence-corrected chi connectivity index (χ1v) is 5.37. The number of rotatable bonds is 4. The molecule has 1 atom stereocenters. The number of aryl methyl sites for hydroxylation is 2. The third-order valence-corrected chi connectivity index (χ3v) is 2.73. The van der Waals surface area contributed by atoms with Crippen molar-refractivity contribution in [1.82, 2.24) is 0 Å². The highest BCUT2D eigenvalue weighted by atomic mass is 16.3. The van der Waals surface area contributed by atoms with Gasteiger partial charge in [0.05, 0.1) is 0 Å². The summed E-state index contributed by atoms with van der Waals surface area (Å²) in [5.41, 5.74) is 3.89. The molecule has 0 amide bonds. The minimum absolute atomic E-state index is 0.262. The second kappa shape index (κ2) is 5.16. The number of hydrogen-bond acceptors (Lipinski definition) is 1. The molecule has 0 aromatic heterocycles. The van der Waals surface area contributed by atoms with Crippen LogP contribution in [0.2, 0.25) is 0 Å². The summed E-state index contributed by atoms with van der Waals surface area (Å²) in [5.74, 6) is 0.319. The van der Waals surface area contributed by atoms with Crippen LogP contribution in [-0.4, -0.2) is 11.7 Å². The molecule has 0 aliphatic carbocycles. The molecule has 0 heterocycles. The van der Waals surface area contributed by atoms with Crippen LogP contribution in [0.5, 0.6) is 0 Å². The third kappa shape index (κ3) is 2.58. The lowest BCUT2D eigenvalue weighted by atomic mass is 9.90. The molecule has 1 heteroatoms. The van der Waals surface area contributed by atoms with E-state index in [1.165, 1.54) is 16.7 Å². The van der Waals surface area contributed by atoms with Gasteiger partial charge < -0.3 is 5.11 Å². The van der Waals surface area contributed by atoms with Gasteiger partial charge in [0.15, 0.2) is 0 Å². The topological polar surface area (TPSA) is 20.2 Å². The lowest BCUT2D eigenvalue weighted by molar-refractivity contribution is 0.258. The Bertz CT molecular complexity index is 291. The molecule has 1 aromatic rings. The molecule has 0 aliphatic rings. The number of aliphatic hydroxyl groups is 1. The summed E-state index contributed by atoms with van der Waals surface area (Å²) >= 11 is 0. The fraction of sp³-hybridized carbons (Fsp3) is 0.538. The summed E-state index contributed by atoms with van der Waals surface area (Å²) in [6.07, 6.45) is 2.19. The van der Waals surface area contributed by atoms with Crippen molar-refractivity contribution in [3.05, 3.63) is 34.9 Å². The van der Waals surface area contributed by atoms with Crippen molar-refractivity contribution in [1.29, 1.82) is 0 Å². The van der Waals surface area contributed by atoms with Gasteiger partial charge in [-0.1, -0.05) is 37.1 Å². The van der Waals surface area contributed by atoms with Crippen LogP contribution in [0.1, 0.15) is 42.4 Å². The average Bonchev–Trinajstić information content (AvgIpc) is 2.18. The highest BCUT2D eigenvalue weighted by molar-refractivity contribution is 5.33.